The summed E-state index contributed by atoms with van der Waals surface area (Å²) in [6.07, 6.45) is 0. The average Bonchev–Trinajstić information content (AvgIpc) is 2.75. The second kappa shape index (κ2) is 5.41. The monoisotopic (exact) mass is 315 g/mol. The Kier molecular flexibility index (Phi) is 2.66. The molecular formula is C17H20N4S. The van der Waals surface area contributed by atoms with Crippen LogP contribution in [0.4, 0.5) is 16.4 Å². The van der Waals surface area contributed by atoms with E-state index in [-0.39, 0.29) is 12.1 Å². The maximum absolute atomic E-state index is 8.51. The van der Waals surface area contributed by atoms with Crippen LogP contribution in [0.25, 0.3) is 0 Å². The van der Waals surface area contributed by atoms with Crippen molar-refractivity contribution < 1.29 is 4.11 Å². The molecule has 2 aliphatic rings. The summed E-state index contributed by atoms with van der Waals surface area (Å²) in [7, 11) is 2.11. The number of fused-ring (bicyclic) bond motifs is 2. The first-order valence-electron chi connectivity index (χ1n) is 8.95. The summed E-state index contributed by atoms with van der Waals surface area (Å²) in [5.41, 5.74) is 2.23. The topological polar surface area (TPSA) is 30.9 Å². The van der Waals surface area contributed by atoms with E-state index in [9.17, 15) is 0 Å². The largest absolute Gasteiger partial charge is 0.353 e. The highest BCUT2D eigenvalue weighted by atomic mass is 32.1. The fourth-order valence-electron chi connectivity index (χ4n) is 2.82. The van der Waals surface area contributed by atoms with Crippen LogP contribution in [0.15, 0.2) is 35.3 Å². The van der Waals surface area contributed by atoms with Crippen molar-refractivity contribution in [2.75, 3.05) is 38.5 Å². The summed E-state index contributed by atoms with van der Waals surface area (Å²) in [4.78, 5) is 10.3. The first-order chi connectivity index (χ1) is 11.9. The van der Waals surface area contributed by atoms with Crippen LogP contribution in [0.1, 0.15) is 14.6 Å². The molecule has 1 aromatic carbocycles. The van der Waals surface area contributed by atoms with Gasteiger partial charge >= 0.3 is 0 Å². The number of thiophene rings is 1. The van der Waals surface area contributed by atoms with E-state index in [2.05, 4.69) is 22.2 Å². The Bertz CT molecular complexity index is 869. The molecule has 0 atom stereocenters. The number of aryl methyl sites for hydroxylation is 1. The number of anilines is 2. The van der Waals surface area contributed by atoms with E-state index in [0.717, 1.165) is 53.1 Å². The lowest BCUT2D eigenvalue weighted by atomic mass is 10.2. The van der Waals surface area contributed by atoms with Gasteiger partial charge in [-0.25, -0.2) is 4.99 Å². The molecule has 1 fully saturated rings. The zero-order valence-electron chi connectivity index (χ0n) is 15.7. The van der Waals surface area contributed by atoms with Gasteiger partial charge in [0.1, 0.15) is 10.8 Å². The molecule has 1 aromatic heterocycles. The molecule has 4 rings (SSSR count). The lowest BCUT2D eigenvalue weighted by molar-refractivity contribution is 0.216. The number of nitrogens with one attached hydrogen (secondary N) is 1. The minimum absolute atomic E-state index is 0.162. The van der Waals surface area contributed by atoms with E-state index in [4.69, 9.17) is 9.10 Å². The maximum Gasteiger partial charge on any atom is 0.139 e. The molecule has 1 N–H and O–H groups in total. The molecule has 0 amide bonds. The summed E-state index contributed by atoms with van der Waals surface area (Å²) in [5.74, 6) is 0.806. The summed E-state index contributed by atoms with van der Waals surface area (Å²) < 4.78 is 24.3. The molecule has 0 aliphatic carbocycles. The van der Waals surface area contributed by atoms with Crippen LogP contribution in [-0.4, -0.2) is 48.9 Å². The van der Waals surface area contributed by atoms with Gasteiger partial charge in [-0.3, -0.25) is 0 Å². The number of amidine groups is 1. The second-order valence-corrected chi connectivity index (χ2v) is 6.94. The van der Waals surface area contributed by atoms with Crippen molar-refractivity contribution in [3.63, 3.8) is 0 Å². The minimum atomic E-state index is 0.162. The molecule has 0 spiro atoms. The molecule has 114 valence electrons. The Morgan fingerprint density at radius 2 is 2.00 bits per heavy atom. The third-order valence-electron chi connectivity index (χ3n) is 4.07. The van der Waals surface area contributed by atoms with E-state index in [1.165, 1.54) is 0 Å². The van der Waals surface area contributed by atoms with Crippen LogP contribution in [0.5, 0.6) is 0 Å². The second-order valence-electron chi connectivity index (χ2n) is 5.71. The van der Waals surface area contributed by atoms with E-state index >= 15 is 0 Å². The van der Waals surface area contributed by atoms with Crippen LogP contribution in [-0.2, 0) is 0 Å². The number of para-hydroxylation sites is 2. The van der Waals surface area contributed by atoms with Crippen molar-refractivity contribution in [1.29, 1.82) is 0 Å². The van der Waals surface area contributed by atoms with E-state index in [1.807, 2.05) is 6.92 Å². The fourth-order valence-corrected chi connectivity index (χ4v) is 3.68. The van der Waals surface area contributed by atoms with Gasteiger partial charge in [0, 0.05) is 31.1 Å². The van der Waals surface area contributed by atoms with Crippen molar-refractivity contribution in [1.82, 2.24) is 9.80 Å². The number of hydrogen-bond donors (Lipinski definition) is 1. The molecule has 3 heterocycles. The summed E-state index contributed by atoms with van der Waals surface area (Å²) >= 11 is 1.55. The van der Waals surface area contributed by atoms with Crippen LogP contribution in [0.3, 0.4) is 0 Å². The first kappa shape index (κ1) is 10.8. The number of nitrogens with zero attached hydrogens (tertiary/aromatic N) is 3. The molecule has 2 aliphatic heterocycles. The zero-order chi connectivity index (χ0) is 17.7. The lowest BCUT2D eigenvalue weighted by Gasteiger charge is -2.34. The number of piperazine rings is 1. The number of benzene rings is 1. The number of aliphatic imine (C=N–C) groups is 1. The van der Waals surface area contributed by atoms with Crippen molar-refractivity contribution in [3.05, 3.63) is 40.7 Å². The zero-order valence-corrected chi connectivity index (χ0v) is 13.5. The fraction of sp³-hybridized carbons (Fsp3) is 0.353. The van der Waals surface area contributed by atoms with Gasteiger partial charge in [-0.1, -0.05) is 12.1 Å². The standard InChI is InChI=1S/C17H20N4S/c1-12-11-13-16(21-9-7-20(2)8-10-21)18-14-5-3-4-6-15(14)19-17(13)22-12/h3-6,11,19H,7-10H2,1-2H3/i3D,4D,11D. The molecule has 1 saturated heterocycles. The summed E-state index contributed by atoms with van der Waals surface area (Å²) in [5, 5.41) is 4.25. The average molecular weight is 315 g/mol. The van der Waals surface area contributed by atoms with Crippen molar-refractivity contribution in [3.8, 4) is 0 Å². The molecule has 4 nitrogen and oxygen atoms in total. The lowest BCUT2D eigenvalue weighted by Crippen LogP contribution is -2.47. The SMILES string of the molecule is [2H]c1cc2c(cc1[2H])Nc1sc(C)c([2H])c1C(N1CCN(C)CC1)=N2. The molecule has 0 radical (unpaired) electrons. The minimum Gasteiger partial charge on any atom is -0.353 e. The Morgan fingerprint density at radius 1 is 1.23 bits per heavy atom. The third-order valence-corrected chi connectivity index (χ3v) is 4.99. The predicted octanol–water partition coefficient (Wildman–Crippen LogP) is 3.44. The van der Waals surface area contributed by atoms with Gasteiger partial charge in [0.15, 0.2) is 0 Å². The van der Waals surface area contributed by atoms with Gasteiger partial charge in [0.2, 0.25) is 0 Å². The highest BCUT2D eigenvalue weighted by Gasteiger charge is 2.25. The molecule has 22 heavy (non-hydrogen) atoms. The first-order valence-corrected chi connectivity index (χ1v) is 8.26. The van der Waals surface area contributed by atoms with E-state index < -0.39 is 0 Å². The highest BCUT2D eigenvalue weighted by Crippen LogP contribution is 2.39. The van der Waals surface area contributed by atoms with E-state index in [0.29, 0.717) is 11.7 Å². The predicted molar refractivity (Wildman–Crippen MR) is 94.0 cm³/mol. The van der Waals surface area contributed by atoms with Crippen LogP contribution in [0, 0.1) is 6.92 Å². The van der Waals surface area contributed by atoms with Gasteiger partial charge in [0.05, 0.1) is 21.1 Å². The quantitative estimate of drug-likeness (QED) is 0.808. The molecule has 0 saturated carbocycles. The van der Waals surface area contributed by atoms with Gasteiger partial charge in [-0.2, -0.15) is 0 Å². The Hall–Kier alpha value is -1.85. The normalized spacial score (nSPS) is 20.0. The molecule has 2 aromatic rings. The number of hydrogen-bond acceptors (Lipinski definition) is 5. The number of rotatable bonds is 0. The number of likely N-dealkylation sites (N-methyl/N-ethyl adjacent to an activating group) is 1. The Morgan fingerprint density at radius 3 is 2.82 bits per heavy atom. The molecule has 0 unspecified atom stereocenters. The van der Waals surface area contributed by atoms with Crippen LogP contribution in [0.2, 0.25) is 0 Å². The van der Waals surface area contributed by atoms with Gasteiger partial charge in [0.25, 0.3) is 0 Å². The smallest absolute Gasteiger partial charge is 0.139 e. The van der Waals surface area contributed by atoms with Gasteiger partial charge in [-0.15, -0.1) is 11.3 Å². The van der Waals surface area contributed by atoms with Crippen LogP contribution < -0.4 is 5.32 Å². The Balaban J connectivity index is 1.88. The third kappa shape index (κ3) is 2.40. The molecule has 5 heteroatoms. The molecular weight excluding hydrogens is 292 g/mol. The van der Waals surface area contributed by atoms with Gasteiger partial charge < -0.3 is 15.1 Å². The van der Waals surface area contributed by atoms with Crippen molar-refractivity contribution >= 4 is 33.5 Å². The maximum atomic E-state index is 8.51. The summed E-state index contributed by atoms with van der Waals surface area (Å²) in [6.45, 7) is 5.60. The van der Waals surface area contributed by atoms with Crippen molar-refractivity contribution in [2.24, 2.45) is 4.99 Å². The highest BCUT2D eigenvalue weighted by molar-refractivity contribution is 7.16. The van der Waals surface area contributed by atoms with E-state index in [1.54, 1.807) is 23.5 Å². The Labute approximate surface area is 139 Å². The van der Waals surface area contributed by atoms with Crippen LogP contribution >= 0.6 is 11.3 Å². The van der Waals surface area contributed by atoms with Crippen molar-refractivity contribution in [2.45, 2.75) is 6.92 Å². The molecule has 0 bridgehead atoms. The summed E-state index contributed by atoms with van der Waals surface area (Å²) in [6, 6.07) is 4.12. The van der Waals surface area contributed by atoms with Gasteiger partial charge in [-0.05, 0) is 32.1 Å².